The first-order valence-corrected chi connectivity index (χ1v) is 10.9. The van der Waals surface area contributed by atoms with E-state index in [4.69, 9.17) is 4.99 Å². The third-order valence-corrected chi connectivity index (χ3v) is 6.11. The van der Waals surface area contributed by atoms with Gasteiger partial charge in [0, 0.05) is 18.1 Å². The van der Waals surface area contributed by atoms with Gasteiger partial charge in [0.1, 0.15) is 11.4 Å². The van der Waals surface area contributed by atoms with E-state index in [1.807, 2.05) is 42.2 Å². The zero-order chi connectivity index (χ0) is 22.1. The number of nitrogens with one attached hydrogen (secondary N) is 1. The predicted octanol–water partition coefficient (Wildman–Crippen LogP) is 4.65. The fourth-order valence-corrected chi connectivity index (χ4v) is 4.46. The summed E-state index contributed by atoms with van der Waals surface area (Å²) in [5.41, 5.74) is 1.97. The highest BCUT2D eigenvalue weighted by atomic mass is 16.3. The molecule has 1 saturated carbocycles. The third-order valence-electron chi connectivity index (χ3n) is 6.11. The highest BCUT2D eigenvalue weighted by molar-refractivity contribution is 6.25. The molecular weight excluding hydrogens is 402 g/mol. The molecule has 0 atom stereocenters. The summed E-state index contributed by atoms with van der Waals surface area (Å²) in [6.45, 7) is 1.89. The Hall–Kier alpha value is -3.74. The minimum atomic E-state index is -0.523. The Balaban J connectivity index is 1.50. The van der Waals surface area contributed by atoms with E-state index in [-0.39, 0.29) is 17.1 Å². The van der Waals surface area contributed by atoms with E-state index in [0.29, 0.717) is 17.5 Å². The Labute approximate surface area is 186 Å². The number of carbonyl (C=O) groups is 1. The summed E-state index contributed by atoms with van der Waals surface area (Å²) in [7, 11) is 0. The second-order valence-corrected chi connectivity index (χ2v) is 8.44. The predicted molar refractivity (Wildman–Crippen MR) is 126 cm³/mol. The highest BCUT2D eigenvalue weighted by Crippen LogP contribution is 2.39. The van der Waals surface area contributed by atoms with E-state index in [1.54, 1.807) is 24.4 Å². The molecule has 0 aromatic heterocycles. The number of anilines is 1. The molecule has 162 valence electrons. The maximum atomic E-state index is 13.2. The van der Waals surface area contributed by atoms with Crippen LogP contribution in [0, 0.1) is 6.92 Å². The number of carbonyl (C=O) groups excluding carboxylic acids is 1. The fourth-order valence-electron chi connectivity index (χ4n) is 4.46. The van der Waals surface area contributed by atoms with Crippen LogP contribution >= 0.6 is 0 Å². The number of ketones is 1. The molecule has 1 spiro atoms. The van der Waals surface area contributed by atoms with Crippen molar-refractivity contribution in [3.8, 4) is 5.75 Å². The number of aromatic hydroxyl groups is 1. The van der Waals surface area contributed by atoms with Crippen molar-refractivity contribution < 1.29 is 9.90 Å². The van der Waals surface area contributed by atoms with Crippen molar-refractivity contribution >= 4 is 29.6 Å². The summed E-state index contributed by atoms with van der Waals surface area (Å²) in [5, 5.41) is 13.5. The van der Waals surface area contributed by atoms with Crippen LogP contribution in [0.2, 0.25) is 0 Å². The van der Waals surface area contributed by atoms with Crippen molar-refractivity contribution in [2.24, 2.45) is 15.0 Å². The summed E-state index contributed by atoms with van der Waals surface area (Å²) < 4.78 is 0. The Morgan fingerprint density at radius 1 is 1.09 bits per heavy atom. The quantitative estimate of drug-likeness (QED) is 0.698. The topological polar surface area (TPSA) is 89.6 Å². The Morgan fingerprint density at radius 3 is 2.66 bits per heavy atom. The summed E-state index contributed by atoms with van der Waals surface area (Å²) >= 11 is 0. The van der Waals surface area contributed by atoms with Crippen molar-refractivity contribution in [3.05, 3.63) is 71.4 Å². The molecule has 7 heteroatoms. The summed E-state index contributed by atoms with van der Waals surface area (Å²) in [5.74, 6) is 0.747. The van der Waals surface area contributed by atoms with Gasteiger partial charge < -0.3 is 10.4 Å². The van der Waals surface area contributed by atoms with Gasteiger partial charge in [0.05, 0.1) is 11.1 Å². The van der Waals surface area contributed by atoms with Crippen molar-refractivity contribution in [1.29, 1.82) is 0 Å². The molecule has 2 aromatic rings. The molecule has 0 bridgehead atoms. The van der Waals surface area contributed by atoms with Crippen LogP contribution in [0.15, 0.2) is 75.3 Å². The lowest BCUT2D eigenvalue weighted by molar-refractivity contribution is 0.103. The van der Waals surface area contributed by atoms with Crippen LogP contribution in [0.4, 0.5) is 5.69 Å². The zero-order valence-corrected chi connectivity index (χ0v) is 18.0. The molecule has 2 N–H and O–H groups in total. The van der Waals surface area contributed by atoms with Gasteiger partial charge in [-0.1, -0.05) is 36.2 Å². The standard InChI is InChI=1S/C25H25N5O2/c1-17-10-11-21(31)20(14-17)22(32)18-15-26-24-28-23(27-19-8-4-2-5-9-19)29-25(30(24)16-18)12-6-3-7-13-25/h2,4-5,8-11,14-16,31H,3,6-7,12-13H2,1H3,(H,27,29). The molecule has 1 fully saturated rings. The number of benzene rings is 2. The van der Waals surface area contributed by atoms with Crippen molar-refractivity contribution in [2.75, 3.05) is 5.32 Å². The fraction of sp³-hybridized carbons (Fsp3) is 0.280. The molecule has 0 amide bonds. The lowest BCUT2D eigenvalue weighted by atomic mass is 9.87. The lowest BCUT2D eigenvalue weighted by Gasteiger charge is -2.45. The van der Waals surface area contributed by atoms with Gasteiger partial charge in [-0.05, 0) is 56.9 Å². The van der Waals surface area contributed by atoms with E-state index in [0.717, 1.165) is 43.4 Å². The number of phenols is 1. The zero-order valence-electron chi connectivity index (χ0n) is 18.0. The molecule has 0 unspecified atom stereocenters. The van der Waals surface area contributed by atoms with Crippen LogP contribution in [0.25, 0.3) is 0 Å². The average Bonchev–Trinajstić information content (AvgIpc) is 2.81. The molecule has 3 aliphatic rings. The average molecular weight is 428 g/mol. The molecular formula is C25H25N5O2. The Kier molecular flexibility index (Phi) is 5.09. The van der Waals surface area contributed by atoms with Crippen LogP contribution in [-0.2, 0) is 0 Å². The molecule has 2 aliphatic heterocycles. The van der Waals surface area contributed by atoms with Crippen molar-refractivity contribution in [3.63, 3.8) is 0 Å². The number of aliphatic imine (C=N–C) groups is 3. The summed E-state index contributed by atoms with van der Waals surface area (Å²) in [6.07, 6.45) is 8.29. The first kappa shape index (κ1) is 20.2. The highest BCUT2D eigenvalue weighted by Gasteiger charge is 2.43. The molecule has 32 heavy (non-hydrogen) atoms. The number of aryl methyl sites for hydroxylation is 1. The van der Waals surface area contributed by atoms with Crippen LogP contribution in [0.3, 0.4) is 0 Å². The first-order chi connectivity index (χ1) is 15.5. The smallest absolute Gasteiger partial charge is 0.234 e. The SMILES string of the molecule is Cc1ccc(O)c(C(=O)C2=CN3C(=NC(Nc4ccccc4)=NC34CCCCC4)N=C2)c1. The maximum absolute atomic E-state index is 13.2. The number of Topliss-reactive ketones (excluding diaryl/α,β-unsaturated/α-hetero) is 1. The lowest BCUT2D eigenvalue weighted by Crippen LogP contribution is -2.53. The maximum Gasteiger partial charge on any atom is 0.234 e. The normalized spacial score (nSPS) is 19.0. The minimum absolute atomic E-state index is 0.0345. The first-order valence-electron chi connectivity index (χ1n) is 10.9. The number of nitrogens with zero attached hydrogens (tertiary/aromatic N) is 4. The van der Waals surface area contributed by atoms with Gasteiger partial charge in [-0.3, -0.25) is 9.69 Å². The van der Waals surface area contributed by atoms with E-state index in [1.165, 1.54) is 6.21 Å². The summed E-state index contributed by atoms with van der Waals surface area (Å²) in [4.78, 5) is 29.3. The van der Waals surface area contributed by atoms with Crippen LogP contribution in [-0.4, -0.2) is 39.6 Å². The number of allylic oxidation sites excluding steroid dienone is 1. The van der Waals surface area contributed by atoms with Gasteiger partial charge in [-0.2, -0.15) is 4.99 Å². The number of hydrogen-bond donors (Lipinski definition) is 2. The molecule has 0 radical (unpaired) electrons. The van der Waals surface area contributed by atoms with E-state index >= 15 is 0 Å². The van der Waals surface area contributed by atoms with E-state index < -0.39 is 5.66 Å². The van der Waals surface area contributed by atoms with E-state index in [9.17, 15) is 9.90 Å². The Bertz CT molecular complexity index is 1170. The molecule has 5 rings (SSSR count). The van der Waals surface area contributed by atoms with Crippen LogP contribution in [0.5, 0.6) is 5.75 Å². The number of guanidine groups is 2. The minimum Gasteiger partial charge on any atom is -0.507 e. The van der Waals surface area contributed by atoms with Gasteiger partial charge >= 0.3 is 0 Å². The third kappa shape index (κ3) is 3.70. The van der Waals surface area contributed by atoms with Crippen molar-refractivity contribution in [1.82, 2.24) is 4.90 Å². The summed E-state index contributed by atoms with van der Waals surface area (Å²) in [6, 6.07) is 14.8. The van der Waals surface area contributed by atoms with Gasteiger partial charge in [0.2, 0.25) is 11.9 Å². The van der Waals surface area contributed by atoms with Gasteiger partial charge in [-0.15, -0.1) is 0 Å². The van der Waals surface area contributed by atoms with E-state index in [2.05, 4.69) is 15.3 Å². The number of phenolic OH excluding ortho intramolecular Hbond substituents is 1. The number of hydrogen-bond acceptors (Lipinski definition) is 7. The van der Waals surface area contributed by atoms with Crippen LogP contribution < -0.4 is 5.32 Å². The molecule has 7 nitrogen and oxygen atoms in total. The largest absolute Gasteiger partial charge is 0.507 e. The van der Waals surface area contributed by atoms with Crippen molar-refractivity contribution in [2.45, 2.75) is 44.7 Å². The Morgan fingerprint density at radius 2 is 1.88 bits per heavy atom. The molecule has 0 saturated heterocycles. The monoisotopic (exact) mass is 427 g/mol. The van der Waals surface area contributed by atoms with Gasteiger partial charge in [0.15, 0.2) is 5.78 Å². The van der Waals surface area contributed by atoms with Crippen LogP contribution in [0.1, 0.15) is 48.0 Å². The number of fused-ring (bicyclic) bond motifs is 2. The van der Waals surface area contributed by atoms with Gasteiger partial charge in [-0.25, -0.2) is 9.98 Å². The van der Waals surface area contributed by atoms with Gasteiger partial charge in [0.25, 0.3) is 0 Å². The molecule has 2 aromatic carbocycles. The molecule has 2 heterocycles. The number of rotatable bonds is 3. The second kappa shape index (κ2) is 8.07. The number of para-hydroxylation sites is 1. The second-order valence-electron chi connectivity index (χ2n) is 8.44. The molecule has 1 aliphatic carbocycles.